The lowest BCUT2D eigenvalue weighted by atomic mass is 10.3. The van der Waals surface area contributed by atoms with Crippen LogP contribution in [0.2, 0.25) is 0 Å². The highest BCUT2D eigenvalue weighted by molar-refractivity contribution is 8.00. The molecule has 2 aromatic carbocycles. The summed E-state index contributed by atoms with van der Waals surface area (Å²) < 4.78 is 38.7. The SMILES string of the molecule is C[C@H](Sc1ccc(F)c(F)c1)C(=O)Nc1ccc(F)cc1. The van der Waals surface area contributed by atoms with Gasteiger partial charge in [0.1, 0.15) is 5.82 Å². The topological polar surface area (TPSA) is 29.1 Å². The van der Waals surface area contributed by atoms with Gasteiger partial charge in [0, 0.05) is 10.6 Å². The number of carbonyl (C=O) groups is 1. The first-order valence-electron chi connectivity index (χ1n) is 6.14. The van der Waals surface area contributed by atoms with Crippen molar-refractivity contribution in [2.45, 2.75) is 17.1 Å². The number of anilines is 1. The Balaban J connectivity index is 1.98. The summed E-state index contributed by atoms with van der Waals surface area (Å²) in [5.74, 6) is -2.58. The first kappa shape index (κ1) is 15.4. The predicted molar refractivity (Wildman–Crippen MR) is 76.7 cm³/mol. The Morgan fingerprint density at radius 2 is 1.71 bits per heavy atom. The molecule has 0 spiro atoms. The van der Waals surface area contributed by atoms with Crippen LogP contribution >= 0.6 is 11.8 Å². The summed E-state index contributed by atoms with van der Waals surface area (Å²) in [6.45, 7) is 1.64. The molecule has 21 heavy (non-hydrogen) atoms. The Bertz CT molecular complexity index is 646. The molecule has 0 saturated heterocycles. The van der Waals surface area contributed by atoms with E-state index in [1.165, 1.54) is 30.3 Å². The van der Waals surface area contributed by atoms with E-state index in [0.717, 1.165) is 23.9 Å². The summed E-state index contributed by atoms with van der Waals surface area (Å²) in [6.07, 6.45) is 0. The van der Waals surface area contributed by atoms with Crippen LogP contribution < -0.4 is 5.32 Å². The van der Waals surface area contributed by atoms with Gasteiger partial charge in [-0.05, 0) is 49.4 Å². The van der Waals surface area contributed by atoms with E-state index in [-0.39, 0.29) is 5.91 Å². The van der Waals surface area contributed by atoms with E-state index >= 15 is 0 Å². The molecule has 0 aliphatic heterocycles. The molecule has 0 saturated carbocycles. The molecule has 2 nitrogen and oxygen atoms in total. The highest BCUT2D eigenvalue weighted by Gasteiger charge is 2.15. The largest absolute Gasteiger partial charge is 0.325 e. The van der Waals surface area contributed by atoms with E-state index in [2.05, 4.69) is 5.32 Å². The highest BCUT2D eigenvalue weighted by Crippen LogP contribution is 2.25. The number of thioether (sulfide) groups is 1. The van der Waals surface area contributed by atoms with Crippen LogP contribution in [0.15, 0.2) is 47.4 Å². The maximum atomic E-state index is 13.1. The number of nitrogens with one attached hydrogen (secondary N) is 1. The smallest absolute Gasteiger partial charge is 0.237 e. The van der Waals surface area contributed by atoms with Crippen molar-refractivity contribution in [3.8, 4) is 0 Å². The van der Waals surface area contributed by atoms with Gasteiger partial charge in [-0.15, -0.1) is 11.8 Å². The summed E-state index contributed by atoms with van der Waals surface area (Å²) >= 11 is 1.10. The third-order valence-electron chi connectivity index (χ3n) is 2.68. The average molecular weight is 311 g/mol. The fraction of sp³-hybridized carbons (Fsp3) is 0.133. The van der Waals surface area contributed by atoms with Crippen molar-refractivity contribution >= 4 is 23.4 Å². The second-order valence-electron chi connectivity index (χ2n) is 4.33. The molecule has 1 amide bonds. The fourth-order valence-corrected chi connectivity index (χ4v) is 2.48. The highest BCUT2D eigenvalue weighted by atomic mass is 32.2. The predicted octanol–water partition coefficient (Wildman–Crippen LogP) is 4.22. The van der Waals surface area contributed by atoms with Gasteiger partial charge in [0.05, 0.1) is 5.25 Å². The van der Waals surface area contributed by atoms with Crippen molar-refractivity contribution in [2.75, 3.05) is 5.32 Å². The number of amides is 1. The number of benzene rings is 2. The number of halogens is 3. The molecule has 2 rings (SSSR count). The van der Waals surface area contributed by atoms with Crippen molar-refractivity contribution in [1.82, 2.24) is 0 Å². The van der Waals surface area contributed by atoms with Crippen molar-refractivity contribution in [2.24, 2.45) is 0 Å². The quantitative estimate of drug-likeness (QED) is 0.856. The van der Waals surface area contributed by atoms with Gasteiger partial charge in [-0.1, -0.05) is 0 Å². The van der Waals surface area contributed by atoms with Crippen molar-refractivity contribution < 1.29 is 18.0 Å². The maximum Gasteiger partial charge on any atom is 0.237 e. The summed E-state index contributed by atoms with van der Waals surface area (Å²) in [6, 6.07) is 8.84. The molecule has 0 heterocycles. The Morgan fingerprint density at radius 3 is 2.33 bits per heavy atom. The van der Waals surface area contributed by atoms with Crippen LogP contribution in [-0.2, 0) is 4.79 Å². The van der Waals surface area contributed by atoms with Crippen LogP contribution in [0, 0.1) is 17.5 Å². The Morgan fingerprint density at radius 1 is 1.05 bits per heavy atom. The zero-order chi connectivity index (χ0) is 15.4. The van der Waals surface area contributed by atoms with E-state index in [4.69, 9.17) is 0 Å². The normalized spacial score (nSPS) is 12.0. The molecule has 0 unspecified atom stereocenters. The second kappa shape index (κ2) is 6.67. The molecule has 0 aliphatic carbocycles. The van der Waals surface area contributed by atoms with E-state index in [9.17, 15) is 18.0 Å². The van der Waals surface area contributed by atoms with Gasteiger partial charge in [0.2, 0.25) is 5.91 Å². The molecule has 2 aromatic rings. The molecule has 0 aromatic heterocycles. The van der Waals surface area contributed by atoms with Crippen molar-refractivity contribution in [1.29, 1.82) is 0 Å². The second-order valence-corrected chi connectivity index (χ2v) is 5.75. The molecular weight excluding hydrogens is 299 g/mol. The molecule has 1 atom stereocenters. The zero-order valence-corrected chi connectivity index (χ0v) is 11.9. The summed E-state index contributed by atoms with van der Waals surface area (Å²) in [5, 5.41) is 2.11. The van der Waals surface area contributed by atoms with Gasteiger partial charge < -0.3 is 5.32 Å². The van der Waals surface area contributed by atoms with E-state index < -0.39 is 22.7 Å². The number of hydrogen-bond donors (Lipinski definition) is 1. The van der Waals surface area contributed by atoms with Crippen LogP contribution in [0.5, 0.6) is 0 Å². The van der Waals surface area contributed by atoms with Gasteiger partial charge in [0.15, 0.2) is 11.6 Å². The van der Waals surface area contributed by atoms with E-state index in [0.29, 0.717) is 10.6 Å². The minimum absolute atomic E-state index is 0.309. The lowest BCUT2D eigenvalue weighted by Crippen LogP contribution is -2.22. The van der Waals surface area contributed by atoms with Crippen molar-refractivity contribution in [3.05, 3.63) is 59.9 Å². The maximum absolute atomic E-state index is 13.1. The third-order valence-corrected chi connectivity index (χ3v) is 3.78. The summed E-state index contributed by atoms with van der Waals surface area (Å²) in [7, 11) is 0. The van der Waals surface area contributed by atoms with Crippen LogP contribution in [-0.4, -0.2) is 11.2 Å². The van der Waals surface area contributed by atoms with Gasteiger partial charge >= 0.3 is 0 Å². The number of rotatable bonds is 4. The third kappa shape index (κ3) is 4.26. The Hall–Kier alpha value is -1.95. The zero-order valence-electron chi connectivity index (χ0n) is 11.1. The molecule has 0 aliphatic rings. The monoisotopic (exact) mass is 311 g/mol. The van der Waals surface area contributed by atoms with Crippen molar-refractivity contribution in [3.63, 3.8) is 0 Å². The first-order valence-corrected chi connectivity index (χ1v) is 7.02. The van der Waals surface area contributed by atoms with E-state index in [1.807, 2.05) is 0 Å². The molecule has 0 bridgehead atoms. The Labute approximate surface area is 124 Å². The van der Waals surface area contributed by atoms with Gasteiger partial charge in [-0.3, -0.25) is 4.79 Å². The molecule has 0 fully saturated rings. The fourth-order valence-electron chi connectivity index (χ4n) is 1.58. The molecule has 110 valence electrons. The Kier molecular flexibility index (Phi) is 4.90. The summed E-state index contributed by atoms with van der Waals surface area (Å²) in [5.41, 5.74) is 0.471. The number of hydrogen-bond acceptors (Lipinski definition) is 2. The number of carbonyl (C=O) groups excluding carboxylic acids is 1. The standard InChI is InChI=1S/C15H12F3NOS/c1-9(21-12-6-7-13(17)14(18)8-12)15(20)19-11-4-2-10(16)3-5-11/h2-9H,1H3,(H,19,20)/t9-/m0/s1. The van der Waals surface area contributed by atoms with Crippen LogP contribution in [0.1, 0.15) is 6.92 Å². The van der Waals surface area contributed by atoms with Crippen LogP contribution in [0.25, 0.3) is 0 Å². The molecule has 6 heteroatoms. The van der Waals surface area contributed by atoms with Gasteiger partial charge in [-0.25, -0.2) is 13.2 Å². The molecule has 0 radical (unpaired) electrons. The first-order chi connectivity index (χ1) is 9.95. The van der Waals surface area contributed by atoms with Crippen LogP contribution in [0.3, 0.4) is 0 Å². The minimum atomic E-state index is -0.953. The van der Waals surface area contributed by atoms with Gasteiger partial charge in [-0.2, -0.15) is 0 Å². The van der Waals surface area contributed by atoms with E-state index in [1.54, 1.807) is 6.92 Å². The molecular formula is C15H12F3NOS. The lowest BCUT2D eigenvalue weighted by Gasteiger charge is -2.12. The average Bonchev–Trinajstić information content (AvgIpc) is 2.45. The van der Waals surface area contributed by atoms with Crippen LogP contribution in [0.4, 0.5) is 18.9 Å². The minimum Gasteiger partial charge on any atom is -0.325 e. The lowest BCUT2D eigenvalue weighted by molar-refractivity contribution is -0.115. The molecule has 1 N–H and O–H groups in total. The summed E-state index contributed by atoms with van der Waals surface area (Å²) in [4.78, 5) is 12.4. The van der Waals surface area contributed by atoms with Gasteiger partial charge in [0.25, 0.3) is 0 Å².